The Kier molecular flexibility index (Phi) is 7.40. The number of esters is 1. The zero-order valence-electron chi connectivity index (χ0n) is 18.3. The summed E-state index contributed by atoms with van der Waals surface area (Å²) < 4.78 is 32.7. The third-order valence-electron chi connectivity index (χ3n) is 5.12. The van der Waals surface area contributed by atoms with Crippen molar-refractivity contribution in [2.75, 3.05) is 23.3 Å². The zero-order valence-corrected chi connectivity index (χ0v) is 19.9. The molecule has 3 rings (SSSR count). The summed E-state index contributed by atoms with van der Waals surface area (Å²) in [5.41, 5.74) is 2.37. The summed E-state index contributed by atoms with van der Waals surface area (Å²) in [4.78, 5) is 24.9. The first kappa shape index (κ1) is 24.3. The van der Waals surface area contributed by atoms with Gasteiger partial charge in [-0.1, -0.05) is 41.9 Å². The number of nitrogens with zero attached hydrogens (tertiary/aromatic N) is 1. The second-order valence-corrected chi connectivity index (χ2v) is 9.55. The number of carbonyl (C=O) groups is 2. The molecule has 0 aliphatic carbocycles. The minimum Gasteiger partial charge on any atom is -0.465 e. The molecule has 9 heteroatoms. The number of hydrogen-bond acceptors (Lipinski definition) is 5. The number of carbonyl (C=O) groups excluding carboxylic acids is 2. The fourth-order valence-electron chi connectivity index (χ4n) is 3.21. The molecule has 0 aromatic heterocycles. The van der Waals surface area contributed by atoms with Crippen LogP contribution in [0.4, 0.5) is 11.4 Å². The third kappa shape index (κ3) is 5.35. The molecule has 3 aromatic rings. The SMILES string of the molecule is COC(=O)c1ccc(Cl)c(NC(=O)CN(c2cccc(C)c2C)S(=O)(=O)c2ccccc2)c1. The summed E-state index contributed by atoms with van der Waals surface area (Å²) in [5.74, 6) is -1.22. The average molecular weight is 487 g/mol. The van der Waals surface area contributed by atoms with Crippen LogP contribution in [-0.2, 0) is 19.6 Å². The summed E-state index contributed by atoms with van der Waals surface area (Å²) >= 11 is 6.17. The molecule has 0 heterocycles. The van der Waals surface area contributed by atoms with Crippen LogP contribution in [0.1, 0.15) is 21.5 Å². The Bertz CT molecular complexity index is 1290. The van der Waals surface area contributed by atoms with Gasteiger partial charge in [-0.25, -0.2) is 13.2 Å². The highest BCUT2D eigenvalue weighted by molar-refractivity contribution is 7.92. The van der Waals surface area contributed by atoms with E-state index in [1.165, 1.54) is 37.4 Å². The molecular formula is C24H23ClN2O5S. The van der Waals surface area contributed by atoms with E-state index in [1.54, 1.807) is 37.3 Å². The Balaban J connectivity index is 1.99. The monoisotopic (exact) mass is 486 g/mol. The quantitative estimate of drug-likeness (QED) is 0.493. The molecule has 0 bridgehead atoms. The standard InChI is InChI=1S/C24H23ClN2O5S/c1-16-8-7-11-22(17(16)2)27(33(30,31)19-9-5-4-6-10-19)15-23(28)26-21-14-18(24(29)32-3)12-13-20(21)25/h4-14H,15H2,1-3H3,(H,26,28). The van der Waals surface area contributed by atoms with Crippen molar-refractivity contribution in [2.24, 2.45) is 0 Å². The minimum atomic E-state index is -4.05. The summed E-state index contributed by atoms with van der Waals surface area (Å²) in [5, 5.41) is 2.80. The van der Waals surface area contributed by atoms with Crippen LogP contribution in [0.15, 0.2) is 71.6 Å². The number of sulfonamides is 1. The predicted octanol–water partition coefficient (Wildman–Crippen LogP) is 4.58. The number of aryl methyl sites for hydroxylation is 1. The molecule has 0 aliphatic heterocycles. The van der Waals surface area contributed by atoms with E-state index in [-0.39, 0.29) is 21.2 Å². The van der Waals surface area contributed by atoms with Crippen LogP contribution < -0.4 is 9.62 Å². The number of rotatable bonds is 7. The van der Waals surface area contributed by atoms with E-state index >= 15 is 0 Å². The lowest BCUT2D eigenvalue weighted by Crippen LogP contribution is -2.38. The number of halogens is 1. The maximum Gasteiger partial charge on any atom is 0.337 e. The molecule has 3 aromatic carbocycles. The van der Waals surface area contributed by atoms with Crippen LogP contribution in [0, 0.1) is 13.8 Å². The minimum absolute atomic E-state index is 0.0597. The Morgan fingerprint density at radius 3 is 2.36 bits per heavy atom. The first-order chi connectivity index (χ1) is 15.6. The van der Waals surface area contributed by atoms with Crippen LogP contribution in [0.2, 0.25) is 5.02 Å². The zero-order chi connectivity index (χ0) is 24.2. The van der Waals surface area contributed by atoms with Gasteiger partial charge in [0.1, 0.15) is 6.54 Å². The van der Waals surface area contributed by atoms with Gasteiger partial charge in [-0.3, -0.25) is 9.10 Å². The van der Waals surface area contributed by atoms with Crippen LogP contribution in [-0.4, -0.2) is 33.9 Å². The van der Waals surface area contributed by atoms with Crippen molar-refractivity contribution in [3.8, 4) is 0 Å². The first-order valence-electron chi connectivity index (χ1n) is 9.97. The van der Waals surface area contributed by atoms with Gasteiger partial charge in [-0.2, -0.15) is 0 Å². The molecule has 7 nitrogen and oxygen atoms in total. The highest BCUT2D eigenvalue weighted by atomic mass is 35.5. The lowest BCUT2D eigenvalue weighted by molar-refractivity contribution is -0.114. The molecule has 0 aliphatic rings. The van der Waals surface area contributed by atoms with Gasteiger partial charge in [0, 0.05) is 0 Å². The second kappa shape index (κ2) is 10.1. The van der Waals surface area contributed by atoms with Gasteiger partial charge < -0.3 is 10.1 Å². The molecule has 172 valence electrons. The van der Waals surface area contributed by atoms with Crippen molar-refractivity contribution in [2.45, 2.75) is 18.7 Å². The molecule has 33 heavy (non-hydrogen) atoms. The number of amides is 1. The second-order valence-electron chi connectivity index (χ2n) is 7.28. The van der Waals surface area contributed by atoms with E-state index in [0.29, 0.717) is 5.69 Å². The Hall–Kier alpha value is -3.36. The molecule has 0 saturated heterocycles. The predicted molar refractivity (Wildman–Crippen MR) is 128 cm³/mol. The molecule has 0 saturated carbocycles. The Morgan fingerprint density at radius 2 is 1.70 bits per heavy atom. The third-order valence-corrected chi connectivity index (χ3v) is 7.23. The highest BCUT2D eigenvalue weighted by Gasteiger charge is 2.28. The molecule has 1 amide bonds. The molecule has 0 spiro atoms. The van der Waals surface area contributed by atoms with Crippen molar-refractivity contribution in [3.05, 3.63) is 88.4 Å². The van der Waals surface area contributed by atoms with E-state index in [2.05, 4.69) is 5.32 Å². The first-order valence-corrected chi connectivity index (χ1v) is 11.8. The number of methoxy groups -OCH3 is 1. The van der Waals surface area contributed by atoms with Crippen LogP contribution in [0.5, 0.6) is 0 Å². The molecule has 0 unspecified atom stereocenters. The van der Waals surface area contributed by atoms with Crippen LogP contribution >= 0.6 is 11.6 Å². The van der Waals surface area contributed by atoms with E-state index in [0.717, 1.165) is 15.4 Å². The number of benzene rings is 3. The van der Waals surface area contributed by atoms with Crippen LogP contribution in [0.25, 0.3) is 0 Å². The van der Waals surface area contributed by atoms with Gasteiger partial charge in [0.25, 0.3) is 10.0 Å². The maximum atomic E-state index is 13.5. The van der Waals surface area contributed by atoms with Gasteiger partial charge in [0.2, 0.25) is 5.91 Å². The number of anilines is 2. The topological polar surface area (TPSA) is 92.8 Å². The summed E-state index contributed by atoms with van der Waals surface area (Å²) in [6, 6.07) is 17.4. The normalized spacial score (nSPS) is 11.0. The molecule has 1 N–H and O–H groups in total. The van der Waals surface area contributed by atoms with Gasteiger partial charge in [-0.15, -0.1) is 0 Å². The van der Waals surface area contributed by atoms with Gasteiger partial charge >= 0.3 is 5.97 Å². The van der Waals surface area contributed by atoms with Gasteiger partial charge in [-0.05, 0) is 61.4 Å². The number of nitrogens with one attached hydrogen (secondary N) is 1. The number of ether oxygens (including phenoxy) is 1. The molecule has 0 radical (unpaired) electrons. The maximum absolute atomic E-state index is 13.5. The molecule has 0 atom stereocenters. The fourth-order valence-corrected chi connectivity index (χ4v) is 4.88. The van der Waals surface area contributed by atoms with E-state index < -0.39 is 28.4 Å². The largest absolute Gasteiger partial charge is 0.465 e. The summed E-state index contributed by atoms with van der Waals surface area (Å²) in [6.07, 6.45) is 0. The Morgan fingerprint density at radius 1 is 1.00 bits per heavy atom. The van der Waals surface area contributed by atoms with Crippen molar-refractivity contribution in [1.82, 2.24) is 0 Å². The average Bonchev–Trinajstić information content (AvgIpc) is 2.81. The van der Waals surface area contributed by atoms with E-state index in [9.17, 15) is 18.0 Å². The van der Waals surface area contributed by atoms with Gasteiger partial charge in [0.05, 0.1) is 34.0 Å². The van der Waals surface area contributed by atoms with Gasteiger partial charge in [0.15, 0.2) is 0 Å². The number of hydrogen-bond donors (Lipinski definition) is 1. The van der Waals surface area contributed by atoms with Crippen molar-refractivity contribution < 1.29 is 22.7 Å². The van der Waals surface area contributed by atoms with Crippen molar-refractivity contribution in [1.29, 1.82) is 0 Å². The van der Waals surface area contributed by atoms with Crippen molar-refractivity contribution >= 4 is 44.9 Å². The Labute approximate surface area is 198 Å². The smallest absolute Gasteiger partial charge is 0.337 e. The highest BCUT2D eigenvalue weighted by Crippen LogP contribution is 2.29. The van der Waals surface area contributed by atoms with Crippen molar-refractivity contribution in [3.63, 3.8) is 0 Å². The van der Waals surface area contributed by atoms with E-state index in [4.69, 9.17) is 16.3 Å². The lowest BCUT2D eigenvalue weighted by Gasteiger charge is -2.26. The summed E-state index contributed by atoms with van der Waals surface area (Å²) in [7, 11) is -2.81. The molecular weight excluding hydrogens is 464 g/mol. The summed E-state index contributed by atoms with van der Waals surface area (Å²) in [6.45, 7) is 3.16. The lowest BCUT2D eigenvalue weighted by atomic mass is 10.1. The van der Waals surface area contributed by atoms with E-state index in [1.807, 2.05) is 13.0 Å². The fraction of sp³-hybridized carbons (Fsp3) is 0.167. The van der Waals surface area contributed by atoms with Crippen LogP contribution in [0.3, 0.4) is 0 Å². The molecule has 0 fully saturated rings.